The number of aromatic nitrogens is 2. The summed E-state index contributed by atoms with van der Waals surface area (Å²) in [4.78, 5) is 13.9. The van der Waals surface area contributed by atoms with Crippen LogP contribution in [0.3, 0.4) is 0 Å². The number of nitrogens with zero attached hydrogens (tertiary/aromatic N) is 3. The van der Waals surface area contributed by atoms with E-state index in [0.29, 0.717) is 56.0 Å². The number of amides is 1. The largest absolute Gasteiger partial charge is 0.416 e. The van der Waals surface area contributed by atoms with Crippen LogP contribution >= 0.6 is 11.8 Å². The first-order valence-electron chi connectivity index (χ1n) is 7.66. The van der Waals surface area contributed by atoms with Crippen molar-refractivity contribution in [2.75, 3.05) is 32.1 Å². The van der Waals surface area contributed by atoms with Gasteiger partial charge in [-0.05, 0) is 5.56 Å². The maximum atomic E-state index is 12.0. The van der Waals surface area contributed by atoms with Crippen molar-refractivity contribution in [2.24, 2.45) is 0 Å². The van der Waals surface area contributed by atoms with E-state index in [4.69, 9.17) is 9.15 Å². The molecule has 0 saturated carbocycles. The van der Waals surface area contributed by atoms with Gasteiger partial charge in [-0.25, -0.2) is 0 Å². The summed E-state index contributed by atoms with van der Waals surface area (Å²) in [6.45, 7) is 2.63. The van der Waals surface area contributed by atoms with Gasteiger partial charge in [-0.2, -0.15) is 0 Å². The molecule has 23 heavy (non-hydrogen) atoms. The number of carbonyl (C=O) groups excluding carboxylic acids is 1. The fraction of sp³-hybridized carbons (Fsp3) is 0.438. The number of hydrogen-bond acceptors (Lipinski definition) is 6. The minimum absolute atomic E-state index is 0.157. The normalized spacial score (nSPS) is 14.9. The van der Waals surface area contributed by atoms with Crippen molar-refractivity contribution in [3.8, 4) is 0 Å². The molecule has 0 unspecified atom stereocenters. The molecule has 3 rings (SSSR count). The van der Waals surface area contributed by atoms with Crippen LogP contribution in [0.25, 0.3) is 0 Å². The van der Waals surface area contributed by atoms with Crippen molar-refractivity contribution in [3.05, 3.63) is 41.8 Å². The molecule has 2 aromatic rings. The van der Waals surface area contributed by atoms with E-state index in [1.165, 1.54) is 11.8 Å². The smallest absolute Gasteiger partial charge is 0.276 e. The quantitative estimate of drug-likeness (QED) is 0.753. The Labute approximate surface area is 139 Å². The molecule has 2 heterocycles. The second-order valence-corrected chi connectivity index (χ2v) is 6.26. The van der Waals surface area contributed by atoms with Gasteiger partial charge in [0.05, 0.1) is 19.6 Å². The highest BCUT2D eigenvalue weighted by Gasteiger charge is 2.17. The van der Waals surface area contributed by atoms with Crippen molar-refractivity contribution < 1.29 is 13.9 Å². The van der Waals surface area contributed by atoms with Gasteiger partial charge in [-0.3, -0.25) is 4.79 Å². The Hall–Kier alpha value is -1.86. The molecule has 122 valence electrons. The van der Waals surface area contributed by atoms with Crippen LogP contribution in [-0.2, 0) is 16.0 Å². The summed E-state index contributed by atoms with van der Waals surface area (Å²) >= 11 is 1.43. The first kappa shape index (κ1) is 16.0. The van der Waals surface area contributed by atoms with E-state index in [9.17, 15) is 4.79 Å². The highest BCUT2D eigenvalue weighted by Crippen LogP contribution is 2.19. The molecule has 6 nitrogen and oxygen atoms in total. The number of thioether (sulfide) groups is 1. The molecule has 1 aromatic heterocycles. The lowest BCUT2D eigenvalue weighted by atomic mass is 10.2. The van der Waals surface area contributed by atoms with Gasteiger partial charge in [0.2, 0.25) is 11.8 Å². The molecule has 1 amide bonds. The van der Waals surface area contributed by atoms with Crippen LogP contribution in [0.1, 0.15) is 17.9 Å². The van der Waals surface area contributed by atoms with Crippen molar-refractivity contribution in [1.82, 2.24) is 15.1 Å². The van der Waals surface area contributed by atoms with Crippen LogP contribution in [0.4, 0.5) is 0 Å². The lowest BCUT2D eigenvalue weighted by Crippen LogP contribution is -2.40. The van der Waals surface area contributed by atoms with E-state index in [1.54, 1.807) is 0 Å². The molecule has 1 aliphatic rings. The molecule has 1 fully saturated rings. The number of morpholine rings is 1. The summed E-state index contributed by atoms with van der Waals surface area (Å²) in [5.41, 5.74) is 1.13. The third kappa shape index (κ3) is 4.80. The van der Waals surface area contributed by atoms with E-state index in [-0.39, 0.29) is 5.91 Å². The molecule has 0 bridgehead atoms. The lowest BCUT2D eigenvalue weighted by molar-refractivity contribution is -0.134. The summed E-state index contributed by atoms with van der Waals surface area (Å²) < 4.78 is 10.9. The summed E-state index contributed by atoms with van der Waals surface area (Å²) in [6.07, 6.45) is 1.10. The highest BCUT2D eigenvalue weighted by molar-refractivity contribution is 7.99. The summed E-state index contributed by atoms with van der Waals surface area (Å²) in [5, 5.41) is 8.59. The van der Waals surface area contributed by atoms with Gasteiger partial charge in [0.25, 0.3) is 5.22 Å². The van der Waals surface area contributed by atoms with E-state index in [1.807, 2.05) is 35.2 Å². The van der Waals surface area contributed by atoms with Gasteiger partial charge >= 0.3 is 0 Å². The third-order valence-corrected chi connectivity index (χ3v) is 4.37. The van der Waals surface area contributed by atoms with Crippen LogP contribution < -0.4 is 0 Å². The minimum Gasteiger partial charge on any atom is -0.416 e. The Kier molecular flexibility index (Phi) is 5.65. The monoisotopic (exact) mass is 333 g/mol. The Bertz CT molecular complexity index is 627. The molecule has 1 saturated heterocycles. The van der Waals surface area contributed by atoms with Crippen molar-refractivity contribution >= 4 is 17.7 Å². The highest BCUT2D eigenvalue weighted by atomic mass is 32.2. The lowest BCUT2D eigenvalue weighted by Gasteiger charge is -2.26. The van der Waals surface area contributed by atoms with Crippen molar-refractivity contribution in [2.45, 2.75) is 18.1 Å². The first-order valence-corrected chi connectivity index (χ1v) is 8.64. The second kappa shape index (κ2) is 8.12. The zero-order valence-electron chi connectivity index (χ0n) is 12.8. The average molecular weight is 333 g/mol. The van der Waals surface area contributed by atoms with E-state index < -0.39 is 0 Å². The Morgan fingerprint density at radius 1 is 1.17 bits per heavy atom. The van der Waals surface area contributed by atoms with E-state index >= 15 is 0 Å². The predicted octanol–water partition coefficient (Wildman–Crippen LogP) is 2.00. The molecule has 0 radical (unpaired) electrons. The van der Waals surface area contributed by atoms with Crippen LogP contribution in [0.2, 0.25) is 0 Å². The molecule has 1 aromatic carbocycles. The number of hydrogen-bond donors (Lipinski definition) is 0. The third-order valence-electron chi connectivity index (χ3n) is 3.55. The summed E-state index contributed by atoms with van der Waals surface area (Å²) in [7, 11) is 0. The molecule has 0 spiro atoms. The van der Waals surface area contributed by atoms with Gasteiger partial charge in [0, 0.05) is 25.3 Å². The fourth-order valence-electron chi connectivity index (χ4n) is 2.33. The second-order valence-electron chi connectivity index (χ2n) is 5.22. The Morgan fingerprint density at radius 2 is 1.96 bits per heavy atom. The average Bonchev–Trinajstić information content (AvgIpc) is 3.04. The number of ether oxygens (including phenoxy) is 1. The fourth-order valence-corrected chi connectivity index (χ4v) is 3.04. The topological polar surface area (TPSA) is 68.5 Å². The van der Waals surface area contributed by atoms with Crippen LogP contribution in [0.5, 0.6) is 0 Å². The van der Waals surface area contributed by atoms with Gasteiger partial charge in [0.1, 0.15) is 0 Å². The molecule has 0 aliphatic carbocycles. The SMILES string of the molecule is O=C(CCSc1nnc(Cc2ccccc2)o1)N1CCOCC1. The standard InChI is InChI=1S/C16H19N3O3S/c20-15(19-7-9-21-10-8-19)6-11-23-16-18-17-14(22-16)12-13-4-2-1-3-5-13/h1-5H,6-12H2. The molecular weight excluding hydrogens is 314 g/mol. The Morgan fingerprint density at radius 3 is 2.74 bits per heavy atom. The predicted molar refractivity (Wildman–Crippen MR) is 86.3 cm³/mol. The van der Waals surface area contributed by atoms with Gasteiger partial charge in [-0.15, -0.1) is 10.2 Å². The van der Waals surface area contributed by atoms with E-state index in [0.717, 1.165) is 5.56 Å². The summed E-state index contributed by atoms with van der Waals surface area (Å²) in [5.74, 6) is 1.39. The molecular formula is C16H19N3O3S. The van der Waals surface area contributed by atoms with Crippen LogP contribution in [0, 0.1) is 0 Å². The molecule has 1 aliphatic heterocycles. The number of carbonyl (C=O) groups is 1. The maximum Gasteiger partial charge on any atom is 0.276 e. The van der Waals surface area contributed by atoms with Crippen molar-refractivity contribution in [3.63, 3.8) is 0 Å². The zero-order valence-corrected chi connectivity index (χ0v) is 13.6. The zero-order chi connectivity index (χ0) is 15.9. The van der Waals surface area contributed by atoms with Gasteiger partial charge in [0.15, 0.2) is 0 Å². The molecule has 7 heteroatoms. The molecule has 0 atom stereocenters. The maximum absolute atomic E-state index is 12.0. The number of benzene rings is 1. The van der Waals surface area contributed by atoms with E-state index in [2.05, 4.69) is 10.2 Å². The number of rotatable bonds is 6. The van der Waals surface area contributed by atoms with Gasteiger partial charge in [-0.1, -0.05) is 42.1 Å². The minimum atomic E-state index is 0.157. The Balaban J connectivity index is 1.43. The first-order chi connectivity index (χ1) is 11.3. The molecule has 0 N–H and O–H groups in total. The van der Waals surface area contributed by atoms with Crippen LogP contribution in [-0.4, -0.2) is 53.1 Å². The van der Waals surface area contributed by atoms with Gasteiger partial charge < -0.3 is 14.1 Å². The van der Waals surface area contributed by atoms with Crippen molar-refractivity contribution in [1.29, 1.82) is 0 Å². The summed E-state index contributed by atoms with van der Waals surface area (Å²) in [6, 6.07) is 10.00. The van der Waals surface area contributed by atoms with Crippen LogP contribution in [0.15, 0.2) is 40.0 Å².